The van der Waals surface area contributed by atoms with Crippen molar-refractivity contribution in [3.8, 4) is 0 Å². The smallest absolute Gasteiger partial charge is 0.407 e. The third kappa shape index (κ3) is 1.48. The van der Waals surface area contributed by atoms with Crippen LogP contribution >= 0.6 is 0 Å². The molecule has 3 fully saturated rings. The molecule has 3 aliphatic heterocycles. The van der Waals surface area contributed by atoms with Crippen LogP contribution in [-0.4, -0.2) is 42.5 Å². The third-order valence-corrected chi connectivity index (χ3v) is 4.16. The largest absolute Gasteiger partial charge is 0.455 e. The molecule has 0 saturated carbocycles. The molecule has 3 aliphatic rings. The van der Waals surface area contributed by atoms with Gasteiger partial charge >= 0.3 is 18.1 Å². The highest BCUT2D eigenvalue weighted by Gasteiger charge is 2.82. The Hall–Kier alpha value is -1.31. The van der Waals surface area contributed by atoms with Crippen LogP contribution in [0.4, 0.5) is 13.2 Å². The van der Waals surface area contributed by atoms with Crippen molar-refractivity contribution in [3.05, 3.63) is 0 Å². The lowest BCUT2D eigenvalue weighted by Crippen LogP contribution is -2.52. The molecule has 5 atom stereocenters. The minimum atomic E-state index is -4.73. The maximum absolute atomic E-state index is 13.2. The molecule has 20 heavy (non-hydrogen) atoms. The van der Waals surface area contributed by atoms with Gasteiger partial charge in [0.25, 0.3) is 0 Å². The van der Waals surface area contributed by atoms with Gasteiger partial charge < -0.3 is 14.2 Å². The van der Waals surface area contributed by atoms with E-state index in [0.717, 1.165) is 0 Å². The number of hydrogen-bond acceptors (Lipinski definition) is 5. The van der Waals surface area contributed by atoms with E-state index in [4.69, 9.17) is 14.2 Å². The van der Waals surface area contributed by atoms with Crippen molar-refractivity contribution in [1.29, 1.82) is 0 Å². The lowest BCUT2D eigenvalue weighted by Gasteiger charge is -2.30. The van der Waals surface area contributed by atoms with Gasteiger partial charge in [-0.15, -0.1) is 0 Å². The van der Waals surface area contributed by atoms with Crippen LogP contribution in [0, 0.1) is 11.3 Å². The molecule has 0 aromatic heterocycles. The van der Waals surface area contributed by atoms with Gasteiger partial charge in [-0.2, -0.15) is 13.2 Å². The number of ether oxygens (including phenoxy) is 3. The van der Waals surface area contributed by atoms with E-state index in [1.807, 2.05) is 0 Å². The van der Waals surface area contributed by atoms with E-state index in [9.17, 15) is 22.8 Å². The second kappa shape index (κ2) is 3.87. The minimum Gasteiger partial charge on any atom is -0.455 e. The fourth-order valence-electron chi connectivity index (χ4n) is 3.08. The molecule has 2 bridgehead atoms. The highest BCUT2D eigenvalue weighted by Crippen LogP contribution is 2.61. The summed E-state index contributed by atoms with van der Waals surface area (Å²) in [5.74, 6) is -2.30. The summed E-state index contributed by atoms with van der Waals surface area (Å²) >= 11 is 0. The summed E-state index contributed by atoms with van der Waals surface area (Å²) in [7, 11) is 0. The maximum Gasteiger partial charge on any atom is 0.407 e. The van der Waals surface area contributed by atoms with Crippen LogP contribution in [0.25, 0.3) is 0 Å². The molecule has 3 rings (SSSR count). The van der Waals surface area contributed by atoms with Gasteiger partial charge in [-0.1, -0.05) is 13.8 Å². The first-order valence-corrected chi connectivity index (χ1v) is 6.32. The van der Waals surface area contributed by atoms with Crippen LogP contribution in [0.2, 0.25) is 0 Å². The first-order valence-electron chi connectivity index (χ1n) is 6.32. The van der Waals surface area contributed by atoms with Gasteiger partial charge in [-0.25, -0.2) is 0 Å². The number of carbonyl (C=O) groups excluding carboxylic acids is 2. The molecule has 0 aromatic carbocycles. The predicted molar refractivity (Wildman–Crippen MR) is 56.4 cm³/mol. The Morgan fingerprint density at radius 2 is 2.10 bits per heavy atom. The number of halogens is 3. The first kappa shape index (κ1) is 13.7. The van der Waals surface area contributed by atoms with Crippen molar-refractivity contribution in [3.63, 3.8) is 0 Å². The molecule has 0 radical (unpaired) electrons. The quantitative estimate of drug-likeness (QED) is 0.716. The van der Waals surface area contributed by atoms with E-state index >= 15 is 0 Å². The number of hydrogen-bond donors (Lipinski definition) is 0. The Morgan fingerprint density at radius 3 is 2.65 bits per heavy atom. The molecule has 0 aromatic rings. The summed E-state index contributed by atoms with van der Waals surface area (Å²) in [5.41, 5.74) is -2.59. The molecule has 3 saturated heterocycles. The monoisotopic (exact) mass is 294 g/mol. The fraction of sp³-hybridized carbons (Fsp3) is 0.833. The highest BCUT2D eigenvalue weighted by molar-refractivity contribution is 5.83. The van der Waals surface area contributed by atoms with E-state index in [2.05, 4.69) is 0 Å². The zero-order valence-electron chi connectivity index (χ0n) is 10.8. The van der Waals surface area contributed by atoms with Crippen molar-refractivity contribution in [2.75, 3.05) is 0 Å². The topological polar surface area (TPSA) is 61.8 Å². The van der Waals surface area contributed by atoms with Gasteiger partial charge in [0.15, 0.2) is 17.6 Å². The summed E-state index contributed by atoms with van der Waals surface area (Å²) < 4.78 is 54.7. The van der Waals surface area contributed by atoms with Crippen molar-refractivity contribution in [2.45, 2.75) is 50.9 Å². The van der Waals surface area contributed by atoms with Crippen molar-refractivity contribution in [2.24, 2.45) is 11.3 Å². The number of rotatable bonds is 2. The summed E-state index contributed by atoms with van der Waals surface area (Å²) in [6.45, 7) is 3.22. The average Bonchev–Trinajstić information content (AvgIpc) is 2.89. The zero-order valence-corrected chi connectivity index (χ0v) is 10.8. The molecule has 5 unspecified atom stereocenters. The summed E-state index contributed by atoms with van der Waals surface area (Å²) in [6, 6.07) is 0. The highest BCUT2D eigenvalue weighted by atomic mass is 19.4. The van der Waals surface area contributed by atoms with Crippen molar-refractivity contribution in [1.82, 2.24) is 0 Å². The predicted octanol–water partition coefficient (Wildman–Crippen LogP) is 1.20. The number of alkyl halides is 3. The Morgan fingerprint density at radius 1 is 1.45 bits per heavy atom. The van der Waals surface area contributed by atoms with Crippen LogP contribution < -0.4 is 0 Å². The fourth-order valence-corrected chi connectivity index (χ4v) is 3.08. The van der Waals surface area contributed by atoms with Gasteiger partial charge in [-0.05, 0) is 0 Å². The molecule has 8 heteroatoms. The van der Waals surface area contributed by atoms with Gasteiger partial charge in [0.2, 0.25) is 0 Å². The third-order valence-electron chi connectivity index (χ3n) is 4.16. The van der Waals surface area contributed by atoms with E-state index in [-0.39, 0.29) is 0 Å². The Labute approximate surface area is 112 Å². The number of esters is 2. The Balaban J connectivity index is 1.86. The second-order valence-electron chi connectivity index (χ2n) is 5.69. The zero-order chi connectivity index (χ0) is 14.9. The Bertz CT molecular complexity index is 474. The van der Waals surface area contributed by atoms with Crippen LogP contribution in [-0.2, 0) is 23.8 Å². The van der Waals surface area contributed by atoms with E-state index in [1.165, 1.54) is 0 Å². The van der Waals surface area contributed by atoms with Gasteiger partial charge in [0.1, 0.15) is 12.2 Å². The number of fused-ring (bicyclic) bond motifs is 1. The van der Waals surface area contributed by atoms with Gasteiger partial charge in [0.05, 0.1) is 5.92 Å². The van der Waals surface area contributed by atoms with Crippen LogP contribution in [0.3, 0.4) is 0 Å². The van der Waals surface area contributed by atoms with E-state index < -0.39 is 60.3 Å². The molecule has 3 heterocycles. The maximum atomic E-state index is 13.2. The molecule has 0 amide bonds. The summed E-state index contributed by atoms with van der Waals surface area (Å²) in [5, 5.41) is 0. The minimum absolute atomic E-state index is 0.418. The van der Waals surface area contributed by atoms with Crippen LogP contribution in [0.15, 0.2) is 0 Å². The second-order valence-corrected chi connectivity index (χ2v) is 5.69. The summed E-state index contributed by atoms with van der Waals surface area (Å²) in [4.78, 5) is 23.2. The van der Waals surface area contributed by atoms with Crippen molar-refractivity contribution >= 4 is 11.9 Å². The van der Waals surface area contributed by atoms with Crippen LogP contribution in [0.5, 0.6) is 0 Å². The molecular weight excluding hydrogens is 281 g/mol. The van der Waals surface area contributed by atoms with Gasteiger partial charge in [0, 0.05) is 6.42 Å². The van der Waals surface area contributed by atoms with Gasteiger partial charge in [-0.3, -0.25) is 9.59 Å². The molecule has 0 aliphatic carbocycles. The normalized spacial score (nSPS) is 42.2. The lowest BCUT2D eigenvalue weighted by atomic mass is 9.73. The first-order chi connectivity index (χ1) is 9.18. The van der Waals surface area contributed by atoms with Crippen molar-refractivity contribution < 1.29 is 37.0 Å². The average molecular weight is 294 g/mol. The molecule has 112 valence electrons. The Kier molecular flexibility index (Phi) is 2.64. The molecule has 0 N–H and O–H groups in total. The SMILES string of the molecule is CC(C)C(=O)OC1C2CC3(C(F)(F)F)C(=O)OC1C3O2. The standard InChI is InChI=1S/C12H13F3O5/c1-4(2)9(16)19-6-5-3-11(12(13,14)15)8(18-5)7(6)20-10(11)17/h4-8H,3H2,1-2H3. The molecule has 5 nitrogen and oxygen atoms in total. The molecular formula is C12H13F3O5. The van der Waals surface area contributed by atoms with Crippen LogP contribution in [0.1, 0.15) is 20.3 Å². The van der Waals surface area contributed by atoms with E-state index in [1.54, 1.807) is 13.8 Å². The molecule has 0 spiro atoms. The van der Waals surface area contributed by atoms with E-state index in [0.29, 0.717) is 0 Å². The lowest BCUT2D eigenvalue weighted by molar-refractivity contribution is -0.228. The summed E-state index contributed by atoms with van der Waals surface area (Å²) in [6.07, 6.45) is -9.74. The number of carbonyl (C=O) groups is 2.